The highest BCUT2D eigenvalue weighted by Gasteiger charge is 2.40. The Kier molecular flexibility index (Phi) is 3.53. The molecular formula is C20H20N2O2. The standard InChI is InChI=1S/C20H20N2O2/c1-24-16-8-9-17-14(12-16)13-18(21-17)19(23)22-20(10-5-11-20)15-6-3-2-4-7-15/h2-4,6-9,12-13,21H,5,10-11H2,1H3,(H,22,23). The molecule has 1 saturated carbocycles. The van der Waals surface area contributed by atoms with E-state index in [4.69, 9.17) is 4.74 Å². The molecule has 0 atom stereocenters. The molecular weight excluding hydrogens is 300 g/mol. The summed E-state index contributed by atoms with van der Waals surface area (Å²) in [6, 6.07) is 17.9. The molecule has 1 fully saturated rings. The van der Waals surface area contributed by atoms with Gasteiger partial charge in [0, 0.05) is 10.9 Å². The molecule has 2 aromatic carbocycles. The van der Waals surface area contributed by atoms with Crippen molar-refractivity contribution in [2.75, 3.05) is 7.11 Å². The van der Waals surface area contributed by atoms with E-state index in [0.29, 0.717) is 5.69 Å². The van der Waals surface area contributed by atoms with Gasteiger partial charge in [0.05, 0.1) is 12.6 Å². The van der Waals surface area contributed by atoms with Crippen LogP contribution >= 0.6 is 0 Å². The zero-order valence-corrected chi connectivity index (χ0v) is 13.6. The van der Waals surface area contributed by atoms with Crippen molar-refractivity contribution < 1.29 is 9.53 Å². The maximum absolute atomic E-state index is 12.8. The van der Waals surface area contributed by atoms with Gasteiger partial charge in [0.2, 0.25) is 0 Å². The molecule has 2 N–H and O–H groups in total. The minimum atomic E-state index is -0.229. The Bertz CT molecular complexity index is 879. The van der Waals surface area contributed by atoms with Crippen molar-refractivity contribution in [1.29, 1.82) is 0 Å². The molecule has 1 aliphatic carbocycles. The maximum Gasteiger partial charge on any atom is 0.268 e. The summed E-state index contributed by atoms with van der Waals surface area (Å²) in [5.74, 6) is 0.724. The van der Waals surface area contributed by atoms with Crippen LogP contribution in [-0.4, -0.2) is 18.0 Å². The third kappa shape index (κ3) is 2.44. The van der Waals surface area contributed by atoms with Crippen molar-refractivity contribution >= 4 is 16.8 Å². The minimum Gasteiger partial charge on any atom is -0.497 e. The summed E-state index contributed by atoms with van der Waals surface area (Å²) in [5, 5.41) is 4.22. The number of aromatic amines is 1. The minimum absolute atomic E-state index is 0.0614. The highest BCUT2D eigenvalue weighted by molar-refractivity contribution is 5.98. The zero-order valence-electron chi connectivity index (χ0n) is 13.6. The first-order chi connectivity index (χ1) is 11.7. The highest BCUT2D eigenvalue weighted by atomic mass is 16.5. The quantitative estimate of drug-likeness (QED) is 0.764. The fourth-order valence-electron chi connectivity index (χ4n) is 3.42. The smallest absolute Gasteiger partial charge is 0.268 e. The molecule has 1 heterocycles. The molecule has 4 nitrogen and oxygen atoms in total. The fourth-order valence-corrected chi connectivity index (χ4v) is 3.42. The Balaban J connectivity index is 1.62. The van der Waals surface area contributed by atoms with Gasteiger partial charge in [-0.05, 0) is 49.1 Å². The van der Waals surface area contributed by atoms with Crippen LogP contribution in [0.4, 0.5) is 0 Å². The molecule has 4 rings (SSSR count). The number of carbonyl (C=O) groups is 1. The second kappa shape index (κ2) is 5.71. The summed E-state index contributed by atoms with van der Waals surface area (Å²) in [7, 11) is 1.64. The van der Waals surface area contributed by atoms with E-state index in [1.807, 2.05) is 42.5 Å². The molecule has 3 aromatic rings. The lowest BCUT2D eigenvalue weighted by molar-refractivity contribution is 0.0819. The molecule has 0 unspecified atom stereocenters. The Morgan fingerprint density at radius 2 is 1.92 bits per heavy atom. The molecule has 0 bridgehead atoms. The average molecular weight is 320 g/mol. The van der Waals surface area contributed by atoms with Gasteiger partial charge in [-0.25, -0.2) is 0 Å². The molecule has 24 heavy (non-hydrogen) atoms. The fraction of sp³-hybridized carbons (Fsp3) is 0.250. The highest BCUT2D eigenvalue weighted by Crippen LogP contribution is 2.41. The van der Waals surface area contributed by atoms with Crippen molar-refractivity contribution in [3.05, 3.63) is 65.9 Å². The van der Waals surface area contributed by atoms with Gasteiger partial charge in [-0.1, -0.05) is 30.3 Å². The van der Waals surface area contributed by atoms with E-state index in [2.05, 4.69) is 22.4 Å². The summed E-state index contributed by atoms with van der Waals surface area (Å²) in [4.78, 5) is 16.0. The van der Waals surface area contributed by atoms with Gasteiger partial charge in [-0.3, -0.25) is 4.79 Å². The molecule has 1 aliphatic rings. The SMILES string of the molecule is COc1ccc2[nH]c(C(=O)NC3(c4ccccc4)CCC3)cc2c1. The summed E-state index contributed by atoms with van der Waals surface area (Å²) >= 11 is 0. The maximum atomic E-state index is 12.8. The van der Waals surface area contributed by atoms with Crippen LogP contribution in [0, 0.1) is 0 Å². The number of rotatable bonds is 4. The van der Waals surface area contributed by atoms with Crippen LogP contribution in [0.1, 0.15) is 35.3 Å². The number of ether oxygens (including phenoxy) is 1. The third-order valence-corrected chi connectivity index (χ3v) is 4.96. The number of aromatic nitrogens is 1. The predicted molar refractivity (Wildman–Crippen MR) is 94.3 cm³/mol. The normalized spacial score (nSPS) is 15.7. The second-order valence-electron chi connectivity index (χ2n) is 6.39. The van der Waals surface area contributed by atoms with Crippen molar-refractivity contribution in [1.82, 2.24) is 10.3 Å². The predicted octanol–water partition coefficient (Wildman–Crippen LogP) is 3.99. The van der Waals surface area contributed by atoms with Gasteiger partial charge in [0.15, 0.2) is 0 Å². The number of hydrogen-bond donors (Lipinski definition) is 2. The number of hydrogen-bond acceptors (Lipinski definition) is 2. The van der Waals surface area contributed by atoms with Crippen LogP contribution in [0.5, 0.6) is 5.75 Å². The largest absolute Gasteiger partial charge is 0.497 e. The van der Waals surface area contributed by atoms with Gasteiger partial charge in [0.1, 0.15) is 11.4 Å². The van der Waals surface area contributed by atoms with E-state index in [0.717, 1.165) is 35.9 Å². The number of amides is 1. The molecule has 1 amide bonds. The number of nitrogens with one attached hydrogen (secondary N) is 2. The summed E-state index contributed by atoms with van der Waals surface area (Å²) in [6.45, 7) is 0. The van der Waals surface area contributed by atoms with E-state index in [-0.39, 0.29) is 11.4 Å². The zero-order chi connectivity index (χ0) is 16.6. The Hall–Kier alpha value is -2.75. The second-order valence-corrected chi connectivity index (χ2v) is 6.39. The Morgan fingerprint density at radius 1 is 1.12 bits per heavy atom. The van der Waals surface area contributed by atoms with Crippen molar-refractivity contribution in [3.8, 4) is 5.75 Å². The monoisotopic (exact) mass is 320 g/mol. The van der Waals surface area contributed by atoms with Crippen molar-refractivity contribution in [2.24, 2.45) is 0 Å². The van der Waals surface area contributed by atoms with Gasteiger partial charge < -0.3 is 15.0 Å². The molecule has 0 saturated heterocycles. The average Bonchev–Trinajstić information content (AvgIpc) is 3.02. The third-order valence-electron chi connectivity index (χ3n) is 4.96. The van der Waals surface area contributed by atoms with Crippen LogP contribution in [0.2, 0.25) is 0 Å². The Labute approximate surface area is 140 Å². The first-order valence-electron chi connectivity index (χ1n) is 8.25. The molecule has 0 radical (unpaired) electrons. The number of carbonyl (C=O) groups excluding carboxylic acids is 1. The van der Waals surface area contributed by atoms with Crippen LogP contribution in [0.3, 0.4) is 0 Å². The van der Waals surface area contributed by atoms with E-state index >= 15 is 0 Å². The Morgan fingerprint density at radius 3 is 2.58 bits per heavy atom. The van der Waals surface area contributed by atoms with E-state index in [1.54, 1.807) is 7.11 Å². The topological polar surface area (TPSA) is 54.1 Å². The lowest BCUT2D eigenvalue weighted by Crippen LogP contribution is -2.50. The molecule has 0 spiro atoms. The van der Waals surface area contributed by atoms with E-state index in [1.165, 1.54) is 5.56 Å². The summed E-state index contributed by atoms with van der Waals surface area (Å²) < 4.78 is 5.24. The lowest BCUT2D eigenvalue weighted by Gasteiger charge is -2.43. The van der Waals surface area contributed by atoms with Crippen LogP contribution < -0.4 is 10.1 Å². The molecule has 0 aliphatic heterocycles. The van der Waals surface area contributed by atoms with Crippen LogP contribution in [-0.2, 0) is 5.54 Å². The first-order valence-corrected chi connectivity index (χ1v) is 8.25. The number of methoxy groups -OCH3 is 1. The number of fused-ring (bicyclic) bond motifs is 1. The molecule has 1 aromatic heterocycles. The van der Waals surface area contributed by atoms with Crippen LogP contribution in [0.15, 0.2) is 54.6 Å². The number of H-pyrrole nitrogens is 1. The first kappa shape index (κ1) is 14.8. The summed E-state index contributed by atoms with van der Waals surface area (Å²) in [6.07, 6.45) is 3.10. The van der Waals surface area contributed by atoms with Gasteiger partial charge in [-0.2, -0.15) is 0 Å². The van der Waals surface area contributed by atoms with E-state index in [9.17, 15) is 4.79 Å². The molecule has 122 valence electrons. The van der Waals surface area contributed by atoms with Gasteiger partial charge >= 0.3 is 0 Å². The van der Waals surface area contributed by atoms with Gasteiger partial charge in [-0.15, -0.1) is 0 Å². The van der Waals surface area contributed by atoms with E-state index < -0.39 is 0 Å². The van der Waals surface area contributed by atoms with Gasteiger partial charge in [0.25, 0.3) is 5.91 Å². The van der Waals surface area contributed by atoms with Crippen LogP contribution in [0.25, 0.3) is 10.9 Å². The lowest BCUT2D eigenvalue weighted by atomic mass is 9.71. The number of benzene rings is 2. The van der Waals surface area contributed by atoms with Crippen molar-refractivity contribution in [2.45, 2.75) is 24.8 Å². The summed E-state index contributed by atoms with van der Waals surface area (Å²) in [5.41, 5.74) is 2.47. The molecule has 4 heteroatoms. The van der Waals surface area contributed by atoms with Crippen molar-refractivity contribution in [3.63, 3.8) is 0 Å².